The summed E-state index contributed by atoms with van der Waals surface area (Å²) in [7, 11) is 0. The highest BCUT2D eigenvalue weighted by Gasteiger charge is 2.14. The molecule has 0 aliphatic carbocycles. The molecular weight excluding hydrogens is 190 g/mol. The zero-order chi connectivity index (χ0) is 10.7. The van der Waals surface area contributed by atoms with Gasteiger partial charge in [-0.25, -0.2) is 0 Å². The Morgan fingerprint density at radius 3 is 2.67 bits per heavy atom. The molecule has 1 heterocycles. The fraction of sp³-hybridized carbons (Fsp3) is 0. The Labute approximate surface area is 87.0 Å². The number of carbonyl (C=O) groups is 1. The van der Waals surface area contributed by atoms with Crippen molar-refractivity contribution in [3.63, 3.8) is 0 Å². The van der Waals surface area contributed by atoms with Crippen LogP contribution in [-0.4, -0.2) is 11.4 Å². The molecule has 0 unspecified atom stereocenters. The van der Waals surface area contributed by atoms with Gasteiger partial charge in [-0.15, -0.1) is 0 Å². The number of rotatable bonds is 2. The second-order valence-corrected chi connectivity index (χ2v) is 3.08. The van der Waals surface area contributed by atoms with Crippen LogP contribution in [0.5, 0.6) is 0 Å². The molecular formula is C11H10N3O+. The monoisotopic (exact) mass is 200 g/mol. The molecule has 2 N–H and O–H groups in total. The topological polar surface area (TPSA) is 59.9 Å². The van der Waals surface area contributed by atoms with Gasteiger partial charge < -0.3 is 5.73 Å². The lowest BCUT2D eigenvalue weighted by molar-refractivity contribution is -0.661. The number of benzene rings is 1. The van der Waals surface area contributed by atoms with E-state index in [-0.39, 0.29) is 0 Å². The molecule has 0 atom stereocenters. The highest BCUT2D eigenvalue weighted by Crippen LogP contribution is 2.02. The average molecular weight is 200 g/mol. The lowest BCUT2D eigenvalue weighted by atomic mass is 10.3. The molecule has 0 aliphatic rings. The van der Waals surface area contributed by atoms with Gasteiger partial charge in [0.25, 0.3) is 5.69 Å². The van der Waals surface area contributed by atoms with E-state index in [4.69, 9.17) is 5.73 Å². The van der Waals surface area contributed by atoms with E-state index >= 15 is 0 Å². The van der Waals surface area contributed by atoms with Crippen LogP contribution in [-0.2, 0) is 0 Å². The van der Waals surface area contributed by atoms with E-state index in [9.17, 15) is 4.79 Å². The molecule has 74 valence electrons. The van der Waals surface area contributed by atoms with E-state index in [1.165, 1.54) is 6.20 Å². The quantitative estimate of drug-likeness (QED) is 0.575. The Morgan fingerprint density at radius 1 is 1.27 bits per heavy atom. The number of hydrogen-bond donors (Lipinski definition) is 1. The number of aromatic nitrogens is 2. The average Bonchev–Trinajstić information content (AvgIpc) is 2.30. The minimum absolute atomic E-state index is 0.432. The van der Waals surface area contributed by atoms with Gasteiger partial charge in [-0.2, -0.15) is 0 Å². The third kappa shape index (κ3) is 1.83. The largest absolute Gasteiger partial charge is 0.397 e. The Hall–Kier alpha value is -2.23. The molecule has 0 spiro atoms. The number of para-hydroxylation sites is 1. The van der Waals surface area contributed by atoms with Gasteiger partial charge in [0.15, 0.2) is 0 Å². The van der Waals surface area contributed by atoms with Gasteiger partial charge in [-0.05, 0) is 4.68 Å². The molecule has 2 aromatic rings. The first-order chi connectivity index (χ1) is 7.31. The number of hydrogen-bond acceptors (Lipinski definition) is 3. The third-order valence-electron chi connectivity index (χ3n) is 2.00. The van der Waals surface area contributed by atoms with Crippen molar-refractivity contribution >= 4 is 12.0 Å². The highest BCUT2D eigenvalue weighted by molar-refractivity contribution is 5.71. The first-order valence-corrected chi connectivity index (χ1v) is 4.50. The van der Waals surface area contributed by atoms with Crippen molar-refractivity contribution in [3.05, 3.63) is 48.3 Å². The second-order valence-electron chi connectivity index (χ2n) is 3.08. The van der Waals surface area contributed by atoms with Crippen molar-refractivity contribution in [2.45, 2.75) is 0 Å². The fourth-order valence-electron chi connectivity index (χ4n) is 1.33. The van der Waals surface area contributed by atoms with Crippen LogP contribution in [0.15, 0.2) is 42.6 Å². The molecule has 0 bridgehead atoms. The molecule has 15 heavy (non-hydrogen) atoms. The number of nitrogens with two attached hydrogens (primary N) is 1. The minimum Gasteiger partial charge on any atom is -0.397 e. The molecule has 0 aliphatic heterocycles. The molecule has 0 saturated heterocycles. The predicted octanol–water partition coefficient (Wildman–Crippen LogP) is 0.753. The summed E-state index contributed by atoms with van der Waals surface area (Å²) in [6, 6.07) is 11.0. The minimum atomic E-state index is 0.432. The van der Waals surface area contributed by atoms with Gasteiger partial charge in [-0.3, -0.25) is 4.79 Å². The second kappa shape index (κ2) is 3.88. The summed E-state index contributed by atoms with van der Waals surface area (Å²) in [5.41, 5.74) is 7.29. The van der Waals surface area contributed by atoms with Crippen molar-refractivity contribution < 1.29 is 9.48 Å². The molecule has 0 amide bonds. The van der Waals surface area contributed by atoms with E-state index in [1.54, 1.807) is 10.7 Å². The SMILES string of the molecule is Nc1cn[n+](-c2ccccc2)c(C=O)c1. The van der Waals surface area contributed by atoms with Gasteiger partial charge in [0.2, 0.25) is 12.0 Å². The maximum Gasteiger partial charge on any atom is 0.280 e. The van der Waals surface area contributed by atoms with Crippen molar-refractivity contribution in [3.8, 4) is 5.69 Å². The lowest BCUT2D eigenvalue weighted by Gasteiger charge is -1.96. The van der Waals surface area contributed by atoms with Crippen LogP contribution in [0.4, 0.5) is 5.69 Å². The molecule has 1 aromatic heterocycles. The zero-order valence-corrected chi connectivity index (χ0v) is 8.00. The van der Waals surface area contributed by atoms with Gasteiger partial charge in [0, 0.05) is 23.3 Å². The van der Waals surface area contributed by atoms with Crippen molar-refractivity contribution in [2.75, 3.05) is 5.73 Å². The molecule has 4 nitrogen and oxygen atoms in total. The molecule has 0 saturated carbocycles. The summed E-state index contributed by atoms with van der Waals surface area (Å²) >= 11 is 0. The summed E-state index contributed by atoms with van der Waals surface area (Å²) in [5, 5.41) is 4.08. The van der Waals surface area contributed by atoms with Crippen LogP contribution in [0.2, 0.25) is 0 Å². The van der Waals surface area contributed by atoms with E-state index < -0.39 is 0 Å². The molecule has 4 heteroatoms. The Balaban J connectivity index is 2.58. The van der Waals surface area contributed by atoms with E-state index in [0.29, 0.717) is 11.4 Å². The fourth-order valence-corrected chi connectivity index (χ4v) is 1.33. The van der Waals surface area contributed by atoms with Crippen LogP contribution >= 0.6 is 0 Å². The summed E-state index contributed by atoms with van der Waals surface area (Å²) in [6.07, 6.45) is 2.25. The maximum absolute atomic E-state index is 10.8. The zero-order valence-electron chi connectivity index (χ0n) is 8.00. The third-order valence-corrected chi connectivity index (χ3v) is 2.00. The Morgan fingerprint density at radius 2 is 2.00 bits per heavy atom. The normalized spacial score (nSPS) is 9.87. The number of carbonyl (C=O) groups excluding carboxylic acids is 1. The van der Waals surface area contributed by atoms with E-state index in [1.807, 2.05) is 30.3 Å². The molecule has 2 rings (SSSR count). The summed E-state index contributed by atoms with van der Waals surface area (Å²) in [4.78, 5) is 10.8. The van der Waals surface area contributed by atoms with Crippen molar-refractivity contribution in [1.29, 1.82) is 0 Å². The highest BCUT2D eigenvalue weighted by atomic mass is 16.1. The van der Waals surface area contributed by atoms with Gasteiger partial charge in [-0.1, -0.05) is 18.2 Å². The van der Waals surface area contributed by atoms with Crippen LogP contribution in [0, 0.1) is 0 Å². The first kappa shape index (κ1) is 9.33. The van der Waals surface area contributed by atoms with E-state index in [0.717, 1.165) is 12.0 Å². The molecule has 1 aromatic carbocycles. The molecule has 0 fully saturated rings. The Bertz CT molecular complexity index is 482. The van der Waals surface area contributed by atoms with Crippen molar-refractivity contribution in [2.24, 2.45) is 0 Å². The number of aldehydes is 1. The Kier molecular flexibility index (Phi) is 2.41. The van der Waals surface area contributed by atoms with Gasteiger partial charge in [0.1, 0.15) is 6.20 Å². The van der Waals surface area contributed by atoms with Crippen molar-refractivity contribution in [1.82, 2.24) is 5.10 Å². The smallest absolute Gasteiger partial charge is 0.280 e. The van der Waals surface area contributed by atoms with Crippen LogP contribution in [0.3, 0.4) is 0 Å². The summed E-state index contributed by atoms with van der Waals surface area (Å²) in [6.45, 7) is 0. The number of nitrogens with zero attached hydrogens (tertiary/aromatic N) is 2. The summed E-state index contributed by atoms with van der Waals surface area (Å²) in [5.74, 6) is 0. The maximum atomic E-state index is 10.8. The van der Waals surface area contributed by atoms with Crippen LogP contribution < -0.4 is 10.4 Å². The number of nitrogen functional groups attached to an aromatic ring is 1. The number of anilines is 1. The van der Waals surface area contributed by atoms with Gasteiger partial charge in [0.05, 0.1) is 5.69 Å². The predicted molar refractivity (Wildman–Crippen MR) is 55.6 cm³/mol. The van der Waals surface area contributed by atoms with Crippen LogP contribution in [0.25, 0.3) is 5.69 Å². The van der Waals surface area contributed by atoms with E-state index in [2.05, 4.69) is 5.10 Å². The van der Waals surface area contributed by atoms with Crippen LogP contribution in [0.1, 0.15) is 10.5 Å². The lowest BCUT2D eigenvalue weighted by Crippen LogP contribution is -2.39. The van der Waals surface area contributed by atoms with Gasteiger partial charge >= 0.3 is 0 Å². The standard InChI is InChI=1S/C11H9N3O/c12-9-6-11(8-15)14(13-7-9)10-4-2-1-3-5-10/h1-8,12H/p+1. The summed E-state index contributed by atoms with van der Waals surface area (Å²) < 4.78 is 1.54. The first-order valence-electron chi connectivity index (χ1n) is 4.50. The molecule has 0 radical (unpaired) electrons.